The molecule has 0 fully saturated rings. The zero-order valence-corrected chi connectivity index (χ0v) is 10.4. The van der Waals surface area contributed by atoms with Gasteiger partial charge >= 0.3 is 5.97 Å². The van der Waals surface area contributed by atoms with Crippen LogP contribution in [0.1, 0.15) is 19.3 Å². The maximum atomic E-state index is 11.2. The number of ether oxygens (including phenoxy) is 1. The van der Waals surface area contributed by atoms with Gasteiger partial charge in [0, 0.05) is 5.25 Å². The van der Waals surface area contributed by atoms with E-state index in [0.717, 1.165) is 12.8 Å². The Bertz CT molecular complexity index is 418. The first-order chi connectivity index (χ1) is 8.29. The molecule has 1 unspecified atom stereocenters. The van der Waals surface area contributed by atoms with Gasteiger partial charge in [-0.15, -0.1) is 5.10 Å². The van der Waals surface area contributed by atoms with Gasteiger partial charge in [0.1, 0.15) is 6.54 Å². The van der Waals surface area contributed by atoms with Crippen LogP contribution in [0.25, 0.3) is 0 Å². The van der Waals surface area contributed by atoms with E-state index < -0.39 is 0 Å². The molecule has 0 aliphatic heterocycles. The highest BCUT2D eigenvalue weighted by atomic mass is 32.2. The highest BCUT2D eigenvalue weighted by Gasteiger charge is 2.16. The van der Waals surface area contributed by atoms with E-state index in [2.05, 4.69) is 32.4 Å². The van der Waals surface area contributed by atoms with Crippen molar-refractivity contribution in [2.75, 3.05) is 7.11 Å². The smallest absolute Gasteiger partial charge is 0.327 e. The lowest BCUT2D eigenvalue weighted by Crippen LogP contribution is -2.14. The Hall–Kier alpha value is -1.37. The van der Waals surface area contributed by atoms with Crippen molar-refractivity contribution in [1.82, 2.24) is 20.2 Å². The molecule has 0 bridgehead atoms. The van der Waals surface area contributed by atoms with E-state index in [1.165, 1.54) is 18.2 Å². The third kappa shape index (κ3) is 3.29. The molecule has 1 aliphatic carbocycles. The topological polar surface area (TPSA) is 69.9 Å². The fraction of sp³-hybridized carbons (Fsp3) is 0.600. The van der Waals surface area contributed by atoms with Gasteiger partial charge in [-0.3, -0.25) is 4.79 Å². The molecule has 2 rings (SSSR count). The molecule has 1 atom stereocenters. The van der Waals surface area contributed by atoms with Crippen LogP contribution in [0.5, 0.6) is 0 Å². The Morgan fingerprint density at radius 2 is 2.59 bits per heavy atom. The minimum absolute atomic E-state index is 0.0578. The number of carbonyl (C=O) groups is 1. The van der Waals surface area contributed by atoms with E-state index in [-0.39, 0.29) is 12.5 Å². The van der Waals surface area contributed by atoms with Crippen LogP contribution in [0.4, 0.5) is 0 Å². The monoisotopic (exact) mass is 254 g/mol. The molecule has 1 aromatic heterocycles. The van der Waals surface area contributed by atoms with Gasteiger partial charge in [0.2, 0.25) is 5.16 Å². The number of rotatable bonds is 4. The minimum Gasteiger partial charge on any atom is -0.468 e. The lowest BCUT2D eigenvalue weighted by Gasteiger charge is -2.14. The van der Waals surface area contributed by atoms with Crippen molar-refractivity contribution in [3.8, 4) is 0 Å². The highest BCUT2D eigenvalue weighted by Crippen LogP contribution is 2.28. The van der Waals surface area contributed by atoms with Crippen molar-refractivity contribution in [2.24, 2.45) is 0 Å². The van der Waals surface area contributed by atoms with E-state index in [1.54, 1.807) is 11.8 Å². The number of tetrazole rings is 1. The summed E-state index contributed by atoms with van der Waals surface area (Å²) in [6.07, 6.45) is 7.80. The largest absolute Gasteiger partial charge is 0.468 e. The van der Waals surface area contributed by atoms with Crippen LogP contribution in [0, 0.1) is 0 Å². The molecule has 6 nitrogen and oxygen atoms in total. The molecule has 92 valence electrons. The Morgan fingerprint density at radius 1 is 1.71 bits per heavy atom. The SMILES string of the molecule is COC(=O)Cn1nnnc1SC1C=CCCC1. The number of thioether (sulfide) groups is 1. The number of esters is 1. The van der Waals surface area contributed by atoms with Crippen LogP contribution >= 0.6 is 11.8 Å². The predicted molar refractivity (Wildman–Crippen MR) is 62.5 cm³/mol. The molecule has 1 heterocycles. The first-order valence-corrected chi connectivity index (χ1v) is 6.34. The molecule has 0 aromatic carbocycles. The number of hydrogen-bond donors (Lipinski definition) is 0. The summed E-state index contributed by atoms with van der Waals surface area (Å²) in [7, 11) is 1.35. The molecular formula is C10H14N4O2S. The lowest BCUT2D eigenvalue weighted by molar-refractivity contribution is -0.141. The van der Waals surface area contributed by atoms with Crippen molar-refractivity contribution in [3.63, 3.8) is 0 Å². The quantitative estimate of drug-likeness (QED) is 0.591. The van der Waals surface area contributed by atoms with Gasteiger partial charge in [0.25, 0.3) is 0 Å². The summed E-state index contributed by atoms with van der Waals surface area (Å²) in [5.74, 6) is -0.349. The predicted octanol–water partition coefficient (Wildman–Crippen LogP) is 1.05. The second-order valence-corrected chi connectivity index (χ2v) is 4.92. The van der Waals surface area contributed by atoms with Crippen molar-refractivity contribution in [3.05, 3.63) is 12.2 Å². The standard InChI is InChI=1S/C10H14N4O2S/c1-16-9(15)7-14-10(11-12-13-14)17-8-5-3-2-4-6-8/h3,5,8H,2,4,6-7H2,1H3. The molecule has 0 N–H and O–H groups in total. The van der Waals surface area contributed by atoms with Gasteiger partial charge in [-0.05, 0) is 29.7 Å². The minimum atomic E-state index is -0.349. The first-order valence-electron chi connectivity index (χ1n) is 5.46. The summed E-state index contributed by atoms with van der Waals surface area (Å²) in [5.41, 5.74) is 0. The summed E-state index contributed by atoms with van der Waals surface area (Å²) in [4.78, 5) is 11.2. The van der Waals surface area contributed by atoms with E-state index in [1.807, 2.05) is 0 Å². The Morgan fingerprint density at radius 3 is 3.29 bits per heavy atom. The number of carbonyl (C=O) groups excluding carboxylic acids is 1. The van der Waals surface area contributed by atoms with Crippen LogP contribution < -0.4 is 0 Å². The first kappa shape index (κ1) is 12.1. The van der Waals surface area contributed by atoms with Gasteiger partial charge in [0.15, 0.2) is 0 Å². The Kier molecular flexibility index (Phi) is 4.13. The van der Waals surface area contributed by atoms with Gasteiger partial charge in [-0.25, -0.2) is 4.68 Å². The van der Waals surface area contributed by atoms with Gasteiger partial charge in [-0.1, -0.05) is 23.9 Å². The maximum absolute atomic E-state index is 11.2. The van der Waals surface area contributed by atoms with Crippen molar-refractivity contribution in [1.29, 1.82) is 0 Å². The molecule has 0 amide bonds. The van der Waals surface area contributed by atoms with Crippen LogP contribution in [0.2, 0.25) is 0 Å². The maximum Gasteiger partial charge on any atom is 0.327 e. The summed E-state index contributed by atoms with van der Waals surface area (Å²) in [6.45, 7) is 0.0578. The van der Waals surface area contributed by atoms with Crippen molar-refractivity contribution >= 4 is 17.7 Å². The molecular weight excluding hydrogens is 240 g/mol. The van der Waals surface area contributed by atoms with Gasteiger partial charge in [0.05, 0.1) is 7.11 Å². The number of allylic oxidation sites excluding steroid dienone is 1. The van der Waals surface area contributed by atoms with Gasteiger partial charge < -0.3 is 4.74 Å². The molecule has 7 heteroatoms. The molecule has 0 radical (unpaired) electrons. The molecule has 0 saturated heterocycles. The zero-order chi connectivity index (χ0) is 12.1. The molecule has 17 heavy (non-hydrogen) atoms. The van der Waals surface area contributed by atoms with E-state index in [9.17, 15) is 4.79 Å². The van der Waals surface area contributed by atoms with E-state index in [4.69, 9.17) is 0 Å². The molecule has 1 aromatic rings. The average Bonchev–Trinajstić information content (AvgIpc) is 2.78. The van der Waals surface area contributed by atoms with E-state index in [0.29, 0.717) is 10.4 Å². The van der Waals surface area contributed by atoms with Gasteiger partial charge in [-0.2, -0.15) is 0 Å². The van der Waals surface area contributed by atoms with Crippen LogP contribution in [0.3, 0.4) is 0 Å². The molecule has 0 spiro atoms. The summed E-state index contributed by atoms with van der Waals surface area (Å²) in [5, 5.41) is 12.3. The fourth-order valence-corrected chi connectivity index (χ4v) is 2.63. The molecule has 0 saturated carbocycles. The highest BCUT2D eigenvalue weighted by molar-refractivity contribution is 7.99. The number of nitrogens with zero attached hydrogens (tertiary/aromatic N) is 4. The summed E-state index contributed by atoms with van der Waals surface area (Å²) >= 11 is 1.58. The van der Waals surface area contributed by atoms with Crippen LogP contribution in [0.15, 0.2) is 17.3 Å². The number of methoxy groups -OCH3 is 1. The second-order valence-electron chi connectivity index (χ2n) is 3.71. The third-order valence-electron chi connectivity index (χ3n) is 2.47. The van der Waals surface area contributed by atoms with Crippen LogP contribution in [-0.2, 0) is 16.1 Å². The average molecular weight is 254 g/mol. The fourth-order valence-electron chi connectivity index (χ4n) is 1.58. The van der Waals surface area contributed by atoms with Crippen molar-refractivity contribution in [2.45, 2.75) is 36.2 Å². The Balaban J connectivity index is 2.00. The van der Waals surface area contributed by atoms with E-state index >= 15 is 0 Å². The van der Waals surface area contributed by atoms with Crippen molar-refractivity contribution < 1.29 is 9.53 Å². The number of aromatic nitrogens is 4. The summed E-state index contributed by atoms with van der Waals surface area (Å²) in [6, 6.07) is 0. The van der Waals surface area contributed by atoms with Crippen LogP contribution in [-0.4, -0.2) is 38.5 Å². The lowest BCUT2D eigenvalue weighted by atomic mass is 10.1. The normalized spacial score (nSPS) is 19.2. The summed E-state index contributed by atoms with van der Waals surface area (Å²) < 4.78 is 6.06. The zero-order valence-electron chi connectivity index (χ0n) is 9.57. The molecule has 1 aliphatic rings. The number of hydrogen-bond acceptors (Lipinski definition) is 6. The Labute approximate surface area is 103 Å². The second kappa shape index (κ2) is 5.81. The third-order valence-corrected chi connectivity index (χ3v) is 3.67.